The fourth-order valence-corrected chi connectivity index (χ4v) is 0. The van der Waals surface area contributed by atoms with E-state index in [9.17, 15) is 0 Å². The zero-order valence-electron chi connectivity index (χ0n) is 1.86. The van der Waals surface area contributed by atoms with E-state index in [1.165, 1.54) is 0 Å². The summed E-state index contributed by atoms with van der Waals surface area (Å²) in [5.74, 6) is 0. The van der Waals surface area contributed by atoms with Crippen molar-refractivity contribution in [3.8, 4) is 0 Å². The summed E-state index contributed by atoms with van der Waals surface area (Å²) in [4.78, 5) is 0. The number of hydrogen-bond acceptors (Lipinski definition) is 0. The van der Waals surface area contributed by atoms with Gasteiger partial charge in [-0.1, -0.05) is 0 Å². The fourth-order valence-electron chi connectivity index (χ4n) is 0. The summed E-state index contributed by atoms with van der Waals surface area (Å²) in [6.45, 7) is 0. The molecule has 0 atom stereocenters. The summed E-state index contributed by atoms with van der Waals surface area (Å²) >= 11 is 0. The van der Waals surface area contributed by atoms with E-state index in [0.29, 0.717) is 0 Å². The van der Waals surface area contributed by atoms with Crippen LogP contribution in [0.25, 0.3) is 0 Å². The second-order valence-corrected chi connectivity index (χ2v) is 0. The second-order valence-electron chi connectivity index (χ2n) is 0. The van der Waals surface area contributed by atoms with Crippen molar-refractivity contribution < 1.29 is 39.2 Å². The van der Waals surface area contributed by atoms with Gasteiger partial charge >= 0.3 is 0 Å². The quantitative estimate of drug-likeness (QED) is 0.511. The minimum atomic E-state index is 0. The smallest absolute Gasteiger partial charge is 0 e. The summed E-state index contributed by atoms with van der Waals surface area (Å²) in [5.41, 5.74) is 0. The molecule has 0 unspecified atom stereocenters. The molecule has 0 fully saturated rings. The van der Waals surface area contributed by atoms with Gasteiger partial charge in [0.05, 0.1) is 0 Å². The van der Waals surface area contributed by atoms with Gasteiger partial charge in [-0.3, -0.25) is 0 Å². The molecule has 0 bridgehead atoms. The molecule has 21 valence electrons. The van der Waals surface area contributed by atoms with Gasteiger partial charge < -0.3 is 0 Å². The number of hydrogen-bond donors (Lipinski definition) is 0. The van der Waals surface area contributed by atoms with Gasteiger partial charge in [0.2, 0.25) is 0 Å². The van der Waals surface area contributed by atoms with Crippen molar-refractivity contribution in [1.29, 1.82) is 0 Å². The van der Waals surface area contributed by atoms with Crippen LogP contribution in [0.2, 0.25) is 0 Å². The van der Waals surface area contributed by atoms with E-state index in [1.54, 1.807) is 0 Å². The Morgan fingerprint density at radius 1 is 1.00 bits per heavy atom. The van der Waals surface area contributed by atoms with Crippen LogP contribution in [-0.4, -0.2) is 19.4 Å². The molecule has 0 aliphatic carbocycles. The van der Waals surface area contributed by atoms with Crippen LogP contribution in [0.15, 0.2) is 0 Å². The van der Waals surface area contributed by atoms with Crippen LogP contribution in [0.5, 0.6) is 0 Å². The first-order valence-corrected chi connectivity index (χ1v) is 0. The van der Waals surface area contributed by atoms with Crippen molar-refractivity contribution in [3.05, 3.63) is 0 Å². The van der Waals surface area contributed by atoms with Crippen LogP contribution in [0.3, 0.4) is 0 Å². The largest absolute Gasteiger partial charge is 0 e. The average Bonchev–Trinajstić information content (AvgIpc) is 0. The van der Waals surface area contributed by atoms with Crippen molar-refractivity contribution in [3.63, 3.8) is 0 Å². The summed E-state index contributed by atoms with van der Waals surface area (Å²) in [7, 11) is 0. The maximum absolute atomic E-state index is 0. The third-order valence-electron chi connectivity index (χ3n) is 0. The van der Waals surface area contributed by atoms with Crippen LogP contribution < -0.4 is 0 Å². The monoisotopic (exact) mass is 279 g/mol. The van der Waals surface area contributed by atoms with Crippen LogP contribution >= 0.6 is 0 Å². The molecule has 0 saturated heterocycles. The third-order valence-corrected chi connectivity index (χ3v) is 0. The minimum absolute atomic E-state index is 0. The van der Waals surface area contributed by atoms with Gasteiger partial charge in [0.15, 0.2) is 0 Å². The van der Waals surface area contributed by atoms with Gasteiger partial charge in [0, 0.05) is 58.5 Å². The summed E-state index contributed by atoms with van der Waals surface area (Å²) in [6, 6.07) is 0. The molecule has 0 aromatic heterocycles. The molecule has 0 spiro atoms. The molecular weight excluding hydrogens is 279 g/mol. The number of rotatable bonds is 0. The Kier molecular flexibility index (Phi) is 293. The Morgan fingerprint density at radius 2 is 1.00 bits per heavy atom. The Labute approximate surface area is 58.4 Å². The normalized spacial score (nSPS) is 0. The second kappa shape index (κ2) is 24.1. The van der Waals surface area contributed by atoms with Crippen LogP contribution in [0.4, 0.5) is 0 Å². The molecular formula is BCoSiTa. The molecule has 0 saturated carbocycles. The minimum Gasteiger partial charge on any atom is 0 e. The van der Waals surface area contributed by atoms with Gasteiger partial charge in [-0.25, -0.2) is 0 Å². The zero-order chi connectivity index (χ0) is 0. The van der Waals surface area contributed by atoms with Crippen molar-refractivity contribution in [2.24, 2.45) is 0 Å². The molecule has 9 radical (unpaired) electrons. The molecule has 0 aromatic carbocycles. The maximum atomic E-state index is 0. The molecule has 0 N–H and O–H groups in total. The first-order valence-electron chi connectivity index (χ1n) is 0. The van der Waals surface area contributed by atoms with E-state index < -0.39 is 0 Å². The molecule has 4 heteroatoms. The predicted molar refractivity (Wildman–Crippen MR) is 11.5 cm³/mol. The zero-order valence-corrected chi connectivity index (χ0v) is 7.11. The Morgan fingerprint density at radius 3 is 1.00 bits per heavy atom. The first kappa shape index (κ1) is 48.5. The molecule has 0 heterocycles. The molecule has 0 amide bonds. The third kappa shape index (κ3) is 9.66. The van der Waals surface area contributed by atoms with E-state index in [4.69, 9.17) is 0 Å². The Bertz CT molecular complexity index is 8.00. The van der Waals surface area contributed by atoms with Crippen LogP contribution in [0.1, 0.15) is 0 Å². The molecule has 0 aliphatic heterocycles. The summed E-state index contributed by atoms with van der Waals surface area (Å²) in [6.07, 6.45) is 0. The molecule has 4 heavy (non-hydrogen) atoms. The molecule has 0 rings (SSSR count). The Hall–Kier alpha value is 1.53. The van der Waals surface area contributed by atoms with Gasteiger partial charge in [0.1, 0.15) is 0 Å². The Balaban J connectivity index is 0. The standard InChI is InChI=1S/B.Co.Si.Ta. The van der Waals surface area contributed by atoms with Crippen molar-refractivity contribution in [2.45, 2.75) is 0 Å². The van der Waals surface area contributed by atoms with Gasteiger partial charge in [0.25, 0.3) is 0 Å². The predicted octanol–water partition coefficient (Wildman–Crippen LogP) is -0.767. The summed E-state index contributed by atoms with van der Waals surface area (Å²) in [5, 5.41) is 0. The van der Waals surface area contributed by atoms with E-state index >= 15 is 0 Å². The van der Waals surface area contributed by atoms with Gasteiger partial charge in [-0.15, -0.1) is 0 Å². The van der Waals surface area contributed by atoms with Crippen molar-refractivity contribution >= 4 is 19.4 Å². The van der Waals surface area contributed by atoms with E-state index in [1.807, 2.05) is 0 Å². The van der Waals surface area contributed by atoms with Crippen LogP contribution in [0, 0.1) is 0 Å². The van der Waals surface area contributed by atoms with Crippen molar-refractivity contribution in [2.75, 3.05) is 0 Å². The van der Waals surface area contributed by atoms with Gasteiger partial charge in [-0.05, 0) is 0 Å². The molecule has 0 aromatic rings. The van der Waals surface area contributed by atoms with Gasteiger partial charge in [-0.2, -0.15) is 0 Å². The first-order chi connectivity index (χ1) is 0. The molecule has 0 nitrogen and oxygen atoms in total. The maximum Gasteiger partial charge on any atom is 0 e. The van der Waals surface area contributed by atoms with Crippen molar-refractivity contribution in [1.82, 2.24) is 0 Å². The topological polar surface area (TPSA) is 0 Å². The average molecular weight is 279 g/mol. The fraction of sp³-hybridized carbons (Fsp3) is 0. The van der Waals surface area contributed by atoms with E-state index in [2.05, 4.69) is 0 Å². The SMILES string of the molecule is [B].[Co].[Si].[Ta]. The summed E-state index contributed by atoms with van der Waals surface area (Å²) < 4.78 is 0. The molecule has 0 aliphatic rings. The van der Waals surface area contributed by atoms with E-state index in [0.717, 1.165) is 0 Å². The van der Waals surface area contributed by atoms with Crippen LogP contribution in [-0.2, 0) is 39.2 Å². The van der Waals surface area contributed by atoms with E-state index in [-0.39, 0.29) is 58.5 Å².